The van der Waals surface area contributed by atoms with E-state index in [1.165, 1.54) is 6.08 Å². The zero-order valence-electron chi connectivity index (χ0n) is 14.3. The van der Waals surface area contributed by atoms with Gasteiger partial charge < -0.3 is 9.64 Å². The Bertz CT molecular complexity index is 714. The summed E-state index contributed by atoms with van der Waals surface area (Å²) in [6.45, 7) is 9.70. The summed E-state index contributed by atoms with van der Waals surface area (Å²) < 4.78 is 5.68. The molecule has 1 aliphatic rings. The number of imide groups is 2. The highest BCUT2D eigenvalue weighted by molar-refractivity contribution is 6.31. The third kappa shape index (κ3) is 4.26. The van der Waals surface area contributed by atoms with Crippen LogP contribution in [0.3, 0.4) is 0 Å². The topological polar surface area (TPSA) is 87.7 Å². The quantitative estimate of drug-likeness (QED) is 0.448. The summed E-state index contributed by atoms with van der Waals surface area (Å²) in [6, 6.07) is 4.69. The van der Waals surface area contributed by atoms with Crippen molar-refractivity contribution >= 4 is 29.6 Å². The van der Waals surface area contributed by atoms with E-state index in [2.05, 4.69) is 25.3 Å². The minimum Gasteiger partial charge on any atom is -0.489 e. The van der Waals surface area contributed by atoms with Crippen molar-refractivity contribution in [3.8, 4) is 5.75 Å². The van der Waals surface area contributed by atoms with E-state index in [1.54, 1.807) is 12.1 Å². The highest BCUT2D eigenvalue weighted by atomic mass is 16.5. The summed E-state index contributed by atoms with van der Waals surface area (Å²) in [6.07, 6.45) is 3.02. The average molecular weight is 343 g/mol. The van der Waals surface area contributed by atoms with E-state index in [0.29, 0.717) is 11.3 Å². The molecular formula is C18H21N3O4. The van der Waals surface area contributed by atoms with Gasteiger partial charge in [-0.15, -0.1) is 0 Å². The van der Waals surface area contributed by atoms with E-state index >= 15 is 0 Å². The molecule has 4 amide bonds. The van der Waals surface area contributed by atoms with Gasteiger partial charge in [0, 0.05) is 30.4 Å². The number of nitrogens with zero attached hydrogens (tertiary/aromatic N) is 1. The molecule has 1 saturated heterocycles. The molecule has 0 aromatic heterocycles. The highest BCUT2D eigenvalue weighted by Gasteiger charge is 2.28. The zero-order chi connectivity index (χ0) is 18.4. The number of hydrogen-bond acceptors (Lipinski definition) is 5. The average Bonchev–Trinajstić information content (AvgIpc) is 2.58. The van der Waals surface area contributed by atoms with Gasteiger partial charge in [0.05, 0.1) is 0 Å². The van der Waals surface area contributed by atoms with Crippen LogP contribution in [0.1, 0.15) is 19.4 Å². The molecule has 0 aliphatic carbocycles. The van der Waals surface area contributed by atoms with Gasteiger partial charge in [0.15, 0.2) is 0 Å². The van der Waals surface area contributed by atoms with Crippen LogP contribution in [-0.4, -0.2) is 37.5 Å². The van der Waals surface area contributed by atoms with E-state index in [-0.39, 0.29) is 12.2 Å². The monoisotopic (exact) mass is 343 g/mol. The Morgan fingerprint density at radius 3 is 2.32 bits per heavy atom. The van der Waals surface area contributed by atoms with E-state index in [0.717, 1.165) is 18.8 Å². The molecule has 0 radical (unpaired) electrons. The maximum absolute atomic E-state index is 11.9. The van der Waals surface area contributed by atoms with Crippen LogP contribution in [0.4, 0.5) is 10.5 Å². The summed E-state index contributed by atoms with van der Waals surface area (Å²) in [5.41, 5.74) is 1.38. The van der Waals surface area contributed by atoms with Gasteiger partial charge in [-0.05, 0) is 32.1 Å². The molecule has 0 bridgehead atoms. The first kappa shape index (κ1) is 18.3. The fraction of sp³-hybridized carbons (Fsp3) is 0.278. The van der Waals surface area contributed by atoms with Crippen molar-refractivity contribution in [2.45, 2.75) is 13.8 Å². The smallest absolute Gasteiger partial charge is 0.328 e. The largest absolute Gasteiger partial charge is 0.489 e. The second-order valence-electron chi connectivity index (χ2n) is 5.29. The maximum Gasteiger partial charge on any atom is 0.328 e. The maximum atomic E-state index is 11.9. The molecule has 1 heterocycles. The Balaban J connectivity index is 2.43. The lowest BCUT2D eigenvalue weighted by Crippen LogP contribution is -2.51. The standard InChI is InChI=1S/C18H21N3O4/c1-4-9-25-15-11-13(21(5-2)6-3)8-7-12(15)10-14-16(22)19-18(24)20-17(14)23/h4,7-8,10-11H,1,5-6,9H2,2-3H3,(H2,19,20,22,23,24). The Kier molecular flexibility index (Phi) is 5.94. The SMILES string of the molecule is C=CCOc1cc(N(CC)CC)ccc1C=C1C(=O)NC(=O)NC1=O. The molecule has 25 heavy (non-hydrogen) atoms. The predicted octanol–water partition coefficient (Wildman–Crippen LogP) is 1.85. The zero-order valence-corrected chi connectivity index (χ0v) is 14.3. The summed E-state index contributed by atoms with van der Waals surface area (Å²) in [4.78, 5) is 37.1. The first-order valence-corrected chi connectivity index (χ1v) is 8.01. The number of urea groups is 1. The van der Waals surface area contributed by atoms with Crippen LogP contribution in [0.15, 0.2) is 36.4 Å². The molecule has 1 fully saturated rings. The van der Waals surface area contributed by atoms with Gasteiger partial charge in [-0.3, -0.25) is 20.2 Å². The van der Waals surface area contributed by atoms with Gasteiger partial charge in [-0.2, -0.15) is 0 Å². The van der Waals surface area contributed by atoms with Gasteiger partial charge in [-0.25, -0.2) is 4.79 Å². The molecular weight excluding hydrogens is 322 g/mol. The minimum atomic E-state index is -0.827. The lowest BCUT2D eigenvalue weighted by molar-refractivity contribution is -0.123. The fourth-order valence-corrected chi connectivity index (χ4v) is 2.46. The number of anilines is 1. The van der Waals surface area contributed by atoms with E-state index in [4.69, 9.17) is 4.74 Å². The van der Waals surface area contributed by atoms with Crippen LogP contribution in [0.5, 0.6) is 5.75 Å². The molecule has 0 unspecified atom stereocenters. The number of hydrogen-bond donors (Lipinski definition) is 2. The Morgan fingerprint density at radius 1 is 1.12 bits per heavy atom. The van der Waals surface area contributed by atoms with E-state index < -0.39 is 17.8 Å². The normalized spacial score (nSPS) is 13.8. The summed E-state index contributed by atoms with van der Waals surface area (Å²) in [5, 5.41) is 4.09. The molecule has 1 aromatic carbocycles. The Labute approximate surface area is 146 Å². The third-order valence-electron chi connectivity index (χ3n) is 3.73. The first-order chi connectivity index (χ1) is 12.0. The van der Waals surface area contributed by atoms with Crippen LogP contribution < -0.4 is 20.3 Å². The molecule has 1 aliphatic heterocycles. The second kappa shape index (κ2) is 8.14. The Morgan fingerprint density at radius 2 is 1.76 bits per heavy atom. The lowest BCUT2D eigenvalue weighted by Gasteiger charge is -2.22. The molecule has 2 N–H and O–H groups in total. The Hall–Kier alpha value is -3.09. The molecule has 7 nitrogen and oxygen atoms in total. The molecule has 0 saturated carbocycles. The van der Waals surface area contributed by atoms with Gasteiger partial charge in [0.1, 0.15) is 17.9 Å². The van der Waals surface area contributed by atoms with Crippen molar-refractivity contribution in [2.75, 3.05) is 24.6 Å². The van der Waals surface area contributed by atoms with E-state index in [9.17, 15) is 14.4 Å². The second-order valence-corrected chi connectivity index (χ2v) is 5.29. The van der Waals surface area contributed by atoms with Gasteiger partial charge in [0.25, 0.3) is 11.8 Å². The number of carbonyl (C=O) groups is 3. The fourth-order valence-electron chi connectivity index (χ4n) is 2.46. The highest BCUT2D eigenvalue weighted by Crippen LogP contribution is 2.28. The summed E-state index contributed by atoms with van der Waals surface area (Å²) >= 11 is 0. The van der Waals surface area contributed by atoms with Crippen LogP contribution in [0, 0.1) is 0 Å². The van der Waals surface area contributed by atoms with Gasteiger partial charge >= 0.3 is 6.03 Å². The number of carbonyl (C=O) groups excluding carboxylic acids is 3. The van der Waals surface area contributed by atoms with E-state index in [1.807, 2.05) is 22.8 Å². The molecule has 0 spiro atoms. The number of nitrogens with one attached hydrogen (secondary N) is 2. The number of amides is 4. The number of ether oxygens (including phenoxy) is 1. The van der Waals surface area contributed by atoms with Crippen LogP contribution in [-0.2, 0) is 9.59 Å². The molecule has 0 atom stereocenters. The van der Waals surface area contributed by atoms with Crippen molar-refractivity contribution in [2.24, 2.45) is 0 Å². The van der Waals surface area contributed by atoms with Crippen LogP contribution in [0.25, 0.3) is 6.08 Å². The van der Waals surface area contributed by atoms with Crippen molar-refractivity contribution in [3.05, 3.63) is 42.0 Å². The van der Waals surface area contributed by atoms with Gasteiger partial charge in [-0.1, -0.05) is 12.7 Å². The van der Waals surface area contributed by atoms with Crippen molar-refractivity contribution in [3.63, 3.8) is 0 Å². The third-order valence-corrected chi connectivity index (χ3v) is 3.73. The first-order valence-electron chi connectivity index (χ1n) is 8.01. The molecule has 7 heteroatoms. The van der Waals surface area contributed by atoms with Crippen LogP contribution in [0.2, 0.25) is 0 Å². The molecule has 132 valence electrons. The number of benzene rings is 1. The van der Waals surface area contributed by atoms with Crippen molar-refractivity contribution in [1.29, 1.82) is 0 Å². The molecule has 1 aromatic rings. The molecule has 2 rings (SSSR count). The summed E-state index contributed by atoms with van der Waals surface area (Å²) in [5.74, 6) is -0.957. The predicted molar refractivity (Wildman–Crippen MR) is 95.4 cm³/mol. The van der Waals surface area contributed by atoms with Crippen molar-refractivity contribution in [1.82, 2.24) is 10.6 Å². The van der Waals surface area contributed by atoms with Crippen molar-refractivity contribution < 1.29 is 19.1 Å². The minimum absolute atomic E-state index is 0.154. The number of barbiturate groups is 1. The summed E-state index contributed by atoms with van der Waals surface area (Å²) in [7, 11) is 0. The number of rotatable bonds is 7. The van der Waals surface area contributed by atoms with Crippen LogP contribution >= 0.6 is 0 Å². The lowest BCUT2D eigenvalue weighted by atomic mass is 10.1. The van der Waals surface area contributed by atoms with Gasteiger partial charge in [0.2, 0.25) is 0 Å².